The molecule has 1 N–H and O–H groups in total. The Morgan fingerprint density at radius 2 is 1.84 bits per heavy atom. The number of benzene rings is 1. The Hall–Kier alpha value is -2.62. The van der Waals surface area contributed by atoms with Crippen LogP contribution < -0.4 is 0 Å². The highest BCUT2D eigenvalue weighted by molar-refractivity contribution is 6.36. The molecule has 5 rings (SSSR count). The molecule has 43 heavy (non-hydrogen) atoms. The lowest BCUT2D eigenvalue weighted by atomic mass is 9.44. The first-order valence-electron chi connectivity index (χ1n) is 14.4. The Balaban J connectivity index is 1.54. The number of carbonyl (C=O) groups excluding carboxylic acids is 4. The summed E-state index contributed by atoms with van der Waals surface area (Å²) in [5.74, 6) is -5.36. The van der Waals surface area contributed by atoms with Gasteiger partial charge in [0.2, 0.25) is 11.4 Å². The molecule has 0 radical (unpaired) electrons. The third-order valence-electron chi connectivity index (χ3n) is 10.6. The zero-order valence-corrected chi connectivity index (χ0v) is 25.8. The fourth-order valence-electron chi connectivity index (χ4n) is 8.50. The summed E-state index contributed by atoms with van der Waals surface area (Å²) < 4.78 is 44.8. The van der Waals surface area contributed by atoms with Crippen molar-refractivity contribution in [3.63, 3.8) is 0 Å². The molecule has 232 valence electrons. The maximum atomic E-state index is 17.5. The minimum atomic E-state index is -2.38. The van der Waals surface area contributed by atoms with Crippen LogP contribution in [0.5, 0.6) is 0 Å². The molecule has 1 aromatic rings. The van der Waals surface area contributed by atoms with Gasteiger partial charge in [0.15, 0.2) is 18.1 Å². The zero-order chi connectivity index (χ0) is 31.7. The summed E-state index contributed by atoms with van der Waals surface area (Å²) >= 11 is 12.1. The van der Waals surface area contributed by atoms with Crippen molar-refractivity contribution in [2.24, 2.45) is 28.6 Å². The Morgan fingerprint density at radius 3 is 2.49 bits per heavy atom. The van der Waals surface area contributed by atoms with Crippen molar-refractivity contribution in [2.45, 2.75) is 76.9 Å². The molecule has 0 heterocycles. The van der Waals surface area contributed by atoms with Gasteiger partial charge in [-0.1, -0.05) is 50.0 Å². The molecule has 3 fully saturated rings. The predicted molar refractivity (Wildman–Crippen MR) is 154 cm³/mol. The lowest BCUT2D eigenvalue weighted by Gasteiger charge is -2.63. The highest BCUT2D eigenvalue weighted by Crippen LogP contribution is 2.71. The van der Waals surface area contributed by atoms with E-state index in [1.165, 1.54) is 37.3 Å². The number of esters is 2. The summed E-state index contributed by atoms with van der Waals surface area (Å²) in [5, 5.41) is 12.0. The van der Waals surface area contributed by atoms with Crippen LogP contribution in [-0.4, -0.2) is 58.8 Å². The highest BCUT2D eigenvalue weighted by atomic mass is 35.5. The second kappa shape index (κ2) is 10.8. The Labute approximate surface area is 258 Å². The molecular weight excluding hydrogens is 605 g/mol. The van der Waals surface area contributed by atoms with Crippen LogP contribution >= 0.6 is 23.2 Å². The van der Waals surface area contributed by atoms with Crippen LogP contribution in [-0.2, 0) is 23.9 Å². The van der Waals surface area contributed by atoms with Gasteiger partial charge in [0, 0.05) is 39.7 Å². The van der Waals surface area contributed by atoms with Crippen molar-refractivity contribution in [1.29, 1.82) is 0 Å². The van der Waals surface area contributed by atoms with Gasteiger partial charge < -0.3 is 14.6 Å². The third-order valence-corrected chi connectivity index (χ3v) is 11.1. The number of carbonyl (C=O) groups is 4. The first-order valence-corrected chi connectivity index (χ1v) is 15.2. The van der Waals surface area contributed by atoms with Crippen molar-refractivity contribution in [3.8, 4) is 0 Å². The third kappa shape index (κ3) is 4.44. The van der Waals surface area contributed by atoms with E-state index in [4.69, 9.17) is 32.7 Å². The fraction of sp³-hybridized carbons (Fsp3) is 0.562. The number of fused-ring (bicyclic) bond motifs is 5. The minimum absolute atomic E-state index is 0.0186. The topological polar surface area (TPSA) is 107 Å². The van der Waals surface area contributed by atoms with Crippen LogP contribution in [0.15, 0.2) is 42.0 Å². The van der Waals surface area contributed by atoms with E-state index in [2.05, 4.69) is 0 Å². The number of aliphatic hydroxyl groups is 1. The molecule has 4 aliphatic rings. The molecule has 0 unspecified atom stereocenters. The second-order valence-electron chi connectivity index (χ2n) is 12.7. The maximum Gasteiger partial charge on any atom is 0.351 e. The molecule has 4 aliphatic carbocycles. The summed E-state index contributed by atoms with van der Waals surface area (Å²) in [4.78, 5) is 52.0. The van der Waals surface area contributed by atoms with Gasteiger partial charge in [-0.15, -0.1) is 0 Å². The fourth-order valence-corrected chi connectivity index (χ4v) is 9.02. The van der Waals surface area contributed by atoms with Gasteiger partial charge in [-0.05, 0) is 68.0 Å². The average Bonchev–Trinajstić information content (AvgIpc) is 3.16. The van der Waals surface area contributed by atoms with Gasteiger partial charge in [-0.3, -0.25) is 14.4 Å². The van der Waals surface area contributed by atoms with Crippen LogP contribution in [0.1, 0.15) is 63.7 Å². The van der Waals surface area contributed by atoms with Crippen LogP contribution in [0.3, 0.4) is 0 Å². The van der Waals surface area contributed by atoms with E-state index in [0.717, 1.165) is 6.08 Å². The number of Topliss-reactive ketones (excluding diaryl/α,β-unsaturated/α-hetero) is 1. The smallest absolute Gasteiger partial charge is 0.351 e. The van der Waals surface area contributed by atoms with Crippen LogP contribution in [0, 0.1) is 28.6 Å². The number of alkyl halides is 2. The first kappa shape index (κ1) is 31.8. The Kier molecular flexibility index (Phi) is 7.97. The first-order chi connectivity index (χ1) is 20.1. The number of hydrogen-bond acceptors (Lipinski definition) is 7. The lowest BCUT2D eigenvalue weighted by Crippen LogP contribution is -2.71. The molecule has 0 aliphatic heterocycles. The largest absolute Gasteiger partial charge is 0.454 e. The van der Waals surface area contributed by atoms with Gasteiger partial charge in [0.05, 0.1) is 11.1 Å². The molecule has 1 aromatic carbocycles. The summed E-state index contributed by atoms with van der Waals surface area (Å²) in [5.41, 5.74) is -7.32. The van der Waals surface area contributed by atoms with Crippen LogP contribution in [0.4, 0.5) is 8.78 Å². The average molecular weight is 640 g/mol. The molecule has 0 amide bonds. The Morgan fingerprint density at radius 1 is 1.14 bits per heavy atom. The van der Waals surface area contributed by atoms with E-state index in [1.807, 2.05) is 0 Å². The molecule has 0 spiro atoms. The van der Waals surface area contributed by atoms with E-state index < -0.39 is 82.2 Å². The van der Waals surface area contributed by atoms with Crippen molar-refractivity contribution in [2.75, 3.05) is 6.61 Å². The second-order valence-corrected chi connectivity index (χ2v) is 13.5. The van der Waals surface area contributed by atoms with Crippen molar-refractivity contribution in [3.05, 3.63) is 57.6 Å². The van der Waals surface area contributed by atoms with Crippen molar-refractivity contribution >= 4 is 46.7 Å². The highest BCUT2D eigenvalue weighted by Gasteiger charge is 2.78. The van der Waals surface area contributed by atoms with E-state index in [9.17, 15) is 24.3 Å². The normalized spacial score (nSPS) is 39.7. The summed E-state index contributed by atoms with van der Waals surface area (Å²) in [6, 6.07) is 4.24. The number of halogens is 4. The number of ether oxygens (including phenoxy) is 2. The van der Waals surface area contributed by atoms with Gasteiger partial charge in [-0.2, -0.15) is 0 Å². The lowest BCUT2D eigenvalue weighted by molar-refractivity contribution is -0.238. The number of aliphatic hydroxyl groups excluding tert-OH is 1. The molecule has 3 saturated carbocycles. The molecule has 0 bridgehead atoms. The number of hydrogen-bond donors (Lipinski definition) is 1. The van der Waals surface area contributed by atoms with Gasteiger partial charge in [0.25, 0.3) is 0 Å². The summed E-state index contributed by atoms with van der Waals surface area (Å²) in [6.45, 7) is 5.61. The molecular formula is C32H34Cl2F2O7. The monoisotopic (exact) mass is 638 g/mol. The molecule has 11 heteroatoms. The van der Waals surface area contributed by atoms with Crippen LogP contribution in [0.25, 0.3) is 0 Å². The SMILES string of the molecule is CCC(=O)O[C@]1(C(=O)OCC(=O)c2ccc(Cl)cc2Cl)[C@H](C)C[C@H]2[C@@H]3C[C@H](F)C4=CC(=O)C=C[C@]4(C)[C@@]3(F)[C@@H](O)C[C@@]21C. The molecule has 7 nitrogen and oxygen atoms in total. The minimum Gasteiger partial charge on any atom is -0.454 e. The maximum absolute atomic E-state index is 17.5. The van der Waals surface area contributed by atoms with Gasteiger partial charge in [-0.25, -0.2) is 13.6 Å². The van der Waals surface area contributed by atoms with E-state index >= 15 is 8.78 Å². The number of ketones is 2. The van der Waals surface area contributed by atoms with E-state index in [1.54, 1.807) is 20.8 Å². The predicted octanol–water partition coefficient (Wildman–Crippen LogP) is 5.98. The molecule has 0 saturated heterocycles. The Bertz CT molecular complexity index is 1460. The molecule has 9 atom stereocenters. The van der Waals surface area contributed by atoms with Crippen molar-refractivity contribution < 1.29 is 42.5 Å². The van der Waals surface area contributed by atoms with Crippen LogP contribution in [0.2, 0.25) is 10.0 Å². The van der Waals surface area contributed by atoms with E-state index in [-0.39, 0.29) is 41.8 Å². The summed E-state index contributed by atoms with van der Waals surface area (Å²) in [7, 11) is 0. The quantitative estimate of drug-likeness (QED) is 0.302. The standard InChI is InChI=1S/C32H34Cl2F2O7/c1-5-27(40)43-32(28(41)42-15-25(38)19-7-6-17(33)11-23(19)34)16(2)10-20-21-13-24(35)22-12-18(37)8-9-29(22,3)31(21,36)26(39)14-30(20,32)4/h6-9,11-12,16,20-21,24,26,39H,5,10,13-15H2,1-4H3/t16-,20+,21+,24+,26+,29+,30+,31+,32+/m1/s1. The van der Waals surface area contributed by atoms with Gasteiger partial charge >= 0.3 is 11.9 Å². The number of allylic oxidation sites excluding steroid dienone is 4. The van der Waals surface area contributed by atoms with Crippen molar-refractivity contribution in [1.82, 2.24) is 0 Å². The summed E-state index contributed by atoms with van der Waals surface area (Å²) in [6.07, 6.45) is -0.334. The number of rotatable bonds is 6. The molecule has 0 aromatic heterocycles. The van der Waals surface area contributed by atoms with E-state index in [0.29, 0.717) is 5.02 Å². The van der Waals surface area contributed by atoms with Gasteiger partial charge in [0.1, 0.15) is 6.17 Å². The zero-order valence-electron chi connectivity index (χ0n) is 24.3.